The summed E-state index contributed by atoms with van der Waals surface area (Å²) in [5.41, 5.74) is -1.43. The van der Waals surface area contributed by atoms with Gasteiger partial charge in [0.15, 0.2) is 5.41 Å². The minimum absolute atomic E-state index is 0.175. The number of rotatable bonds is 14. The third-order valence-electron chi connectivity index (χ3n) is 5.21. The molecule has 0 aromatic heterocycles. The monoisotopic (exact) mass is 356 g/mol. The van der Waals surface area contributed by atoms with E-state index >= 15 is 0 Å². The average molecular weight is 357 g/mol. The molecule has 0 radical (unpaired) electrons. The van der Waals surface area contributed by atoms with Crippen LogP contribution in [0, 0.1) is 17.3 Å². The Kier molecular flexibility index (Phi) is 11.8. The van der Waals surface area contributed by atoms with Crippen molar-refractivity contribution in [1.29, 1.82) is 0 Å². The molecule has 4 nitrogen and oxygen atoms in total. The van der Waals surface area contributed by atoms with Gasteiger partial charge in [-0.05, 0) is 43.9 Å². The molecule has 0 aliphatic carbocycles. The normalized spacial score (nSPS) is 15.2. The Hall–Kier alpha value is -1.06. The lowest BCUT2D eigenvalue weighted by atomic mass is 9.72. The lowest BCUT2D eigenvalue weighted by molar-refractivity contribution is -0.177. The highest BCUT2D eigenvalue weighted by molar-refractivity contribution is 5.99. The molecular weight excluding hydrogens is 316 g/mol. The van der Waals surface area contributed by atoms with Gasteiger partial charge in [0.25, 0.3) is 0 Å². The highest BCUT2D eigenvalue weighted by atomic mass is 16.5. The van der Waals surface area contributed by atoms with Gasteiger partial charge in [-0.25, -0.2) is 0 Å². The maximum Gasteiger partial charge on any atom is 0.324 e. The SMILES string of the molecule is CCCCCCCC(CC)OC(=O)C(CCC(C)C)(C(=O)O)C(C)C. The largest absolute Gasteiger partial charge is 0.480 e. The van der Waals surface area contributed by atoms with E-state index in [0.29, 0.717) is 18.8 Å². The van der Waals surface area contributed by atoms with Crippen molar-refractivity contribution in [3.05, 3.63) is 0 Å². The molecule has 0 spiro atoms. The van der Waals surface area contributed by atoms with Crippen molar-refractivity contribution in [2.75, 3.05) is 0 Å². The number of hydrogen-bond acceptors (Lipinski definition) is 3. The topological polar surface area (TPSA) is 63.6 Å². The van der Waals surface area contributed by atoms with Crippen molar-refractivity contribution in [3.8, 4) is 0 Å². The number of carbonyl (C=O) groups is 2. The van der Waals surface area contributed by atoms with Crippen LogP contribution in [0.3, 0.4) is 0 Å². The quantitative estimate of drug-likeness (QED) is 0.241. The fourth-order valence-electron chi connectivity index (χ4n) is 3.16. The second kappa shape index (κ2) is 12.3. The van der Waals surface area contributed by atoms with Crippen LogP contribution in [0.2, 0.25) is 0 Å². The number of carboxylic acid groups (broad SMARTS) is 1. The summed E-state index contributed by atoms with van der Waals surface area (Å²) in [5.74, 6) is -1.54. The van der Waals surface area contributed by atoms with E-state index in [-0.39, 0.29) is 12.0 Å². The molecule has 0 fully saturated rings. The summed E-state index contributed by atoms with van der Waals surface area (Å²) in [6.07, 6.45) is 8.24. The van der Waals surface area contributed by atoms with Gasteiger partial charge in [-0.15, -0.1) is 0 Å². The number of ether oxygens (including phenoxy) is 1. The molecule has 2 unspecified atom stereocenters. The molecule has 25 heavy (non-hydrogen) atoms. The number of carboxylic acids is 1. The summed E-state index contributed by atoms with van der Waals surface area (Å²) in [5, 5.41) is 9.84. The zero-order valence-corrected chi connectivity index (χ0v) is 17.3. The molecule has 0 bridgehead atoms. The predicted octanol–water partition coefficient (Wildman–Crippen LogP) is 5.83. The number of esters is 1. The van der Waals surface area contributed by atoms with Crippen LogP contribution in [0.15, 0.2) is 0 Å². The van der Waals surface area contributed by atoms with Crippen LogP contribution in [0.1, 0.15) is 99.3 Å². The summed E-state index contributed by atoms with van der Waals surface area (Å²) in [7, 11) is 0. The van der Waals surface area contributed by atoms with Gasteiger partial charge in [-0.3, -0.25) is 9.59 Å². The van der Waals surface area contributed by atoms with Gasteiger partial charge in [-0.2, -0.15) is 0 Å². The zero-order valence-electron chi connectivity index (χ0n) is 17.3. The van der Waals surface area contributed by atoms with Crippen LogP contribution in [-0.4, -0.2) is 23.1 Å². The lowest BCUT2D eigenvalue weighted by Gasteiger charge is -2.33. The molecule has 0 aliphatic heterocycles. The Balaban J connectivity index is 4.94. The molecule has 4 heteroatoms. The van der Waals surface area contributed by atoms with E-state index in [0.717, 1.165) is 25.7 Å². The van der Waals surface area contributed by atoms with Gasteiger partial charge >= 0.3 is 11.9 Å². The Morgan fingerprint density at radius 1 is 0.960 bits per heavy atom. The number of unbranched alkanes of at least 4 members (excludes halogenated alkanes) is 4. The van der Waals surface area contributed by atoms with Gasteiger partial charge in [0.2, 0.25) is 0 Å². The Morgan fingerprint density at radius 2 is 1.56 bits per heavy atom. The van der Waals surface area contributed by atoms with E-state index in [1.165, 1.54) is 19.3 Å². The number of carbonyl (C=O) groups excluding carboxylic acids is 1. The van der Waals surface area contributed by atoms with E-state index in [4.69, 9.17) is 4.74 Å². The van der Waals surface area contributed by atoms with Gasteiger partial charge in [0.1, 0.15) is 6.10 Å². The summed E-state index contributed by atoms with van der Waals surface area (Å²) >= 11 is 0. The fraction of sp³-hybridized carbons (Fsp3) is 0.905. The minimum Gasteiger partial charge on any atom is -0.480 e. The van der Waals surface area contributed by atoms with E-state index < -0.39 is 17.4 Å². The van der Waals surface area contributed by atoms with Gasteiger partial charge < -0.3 is 9.84 Å². The number of aliphatic carboxylic acids is 1. The Labute approximate surface area is 154 Å². The lowest BCUT2D eigenvalue weighted by Crippen LogP contribution is -2.46. The van der Waals surface area contributed by atoms with Crippen molar-refractivity contribution >= 4 is 11.9 Å². The van der Waals surface area contributed by atoms with Crippen molar-refractivity contribution in [3.63, 3.8) is 0 Å². The molecule has 2 atom stereocenters. The molecule has 0 rings (SSSR count). The molecule has 0 amide bonds. The molecule has 0 aromatic rings. The van der Waals surface area contributed by atoms with E-state index in [2.05, 4.69) is 6.92 Å². The molecule has 0 saturated carbocycles. The first-order valence-electron chi connectivity index (χ1n) is 10.2. The van der Waals surface area contributed by atoms with Crippen molar-refractivity contribution in [2.24, 2.45) is 17.3 Å². The van der Waals surface area contributed by atoms with E-state index in [1.54, 1.807) is 13.8 Å². The minimum atomic E-state index is -1.43. The average Bonchev–Trinajstić information content (AvgIpc) is 2.53. The second-order valence-corrected chi connectivity index (χ2v) is 8.00. The summed E-state index contributed by atoms with van der Waals surface area (Å²) < 4.78 is 5.71. The van der Waals surface area contributed by atoms with Crippen LogP contribution < -0.4 is 0 Å². The van der Waals surface area contributed by atoms with Crippen molar-refractivity contribution in [1.82, 2.24) is 0 Å². The first kappa shape index (κ1) is 23.9. The van der Waals surface area contributed by atoms with Crippen LogP contribution in [0.4, 0.5) is 0 Å². The van der Waals surface area contributed by atoms with Crippen LogP contribution in [0.5, 0.6) is 0 Å². The van der Waals surface area contributed by atoms with E-state index in [1.807, 2.05) is 20.8 Å². The van der Waals surface area contributed by atoms with Gasteiger partial charge in [0, 0.05) is 0 Å². The smallest absolute Gasteiger partial charge is 0.324 e. The van der Waals surface area contributed by atoms with Crippen LogP contribution in [-0.2, 0) is 14.3 Å². The second-order valence-electron chi connectivity index (χ2n) is 8.00. The highest BCUT2D eigenvalue weighted by Crippen LogP contribution is 2.37. The molecule has 0 aromatic carbocycles. The third-order valence-corrected chi connectivity index (χ3v) is 5.21. The maximum atomic E-state index is 12.9. The van der Waals surface area contributed by atoms with Crippen molar-refractivity contribution < 1.29 is 19.4 Å². The molecular formula is C21H40O4. The third kappa shape index (κ3) is 7.79. The molecule has 1 N–H and O–H groups in total. The van der Waals surface area contributed by atoms with Crippen molar-refractivity contribution in [2.45, 2.75) is 105 Å². The summed E-state index contributed by atoms with van der Waals surface area (Å²) in [4.78, 5) is 24.9. The van der Waals surface area contributed by atoms with E-state index in [9.17, 15) is 14.7 Å². The fourth-order valence-corrected chi connectivity index (χ4v) is 3.16. The highest BCUT2D eigenvalue weighted by Gasteiger charge is 2.50. The van der Waals surface area contributed by atoms with Crippen LogP contribution >= 0.6 is 0 Å². The molecule has 0 heterocycles. The first-order valence-corrected chi connectivity index (χ1v) is 10.2. The van der Waals surface area contributed by atoms with Gasteiger partial charge in [0.05, 0.1) is 0 Å². The van der Waals surface area contributed by atoms with Gasteiger partial charge in [-0.1, -0.05) is 67.2 Å². The predicted molar refractivity (Wildman–Crippen MR) is 103 cm³/mol. The Morgan fingerprint density at radius 3 is 2.00 bits per heavy atom. The summed E-state index contributed by atoms with van der Waals surface area (Å²) in [6.45, 7) is 11.9. The summed E-state index contributed by atoms with van der Waals surface area (Å²) in [6, 6.07) is 0. The maximum absolute atomic E-state index is 12.9. The standard InChI is InChI=1S/C21H40O4/c1-7-9-10-11-12-13-18(8-2)25-20(24)21(17(5)6,19(22)23)15-14-16(3)4/h16-18H,7-15H2,1-6H3,(H,22,23). The first-order chi connectivity index (χ1) is 11.7. The van der Waals surface area contributed by atoms with Crippen LogP contribution in [0.25, 0.3) is 0 Å². The molecule has 0 saturated heterocycles. The Bertz CT molecular complexity index is 389. The zero-order chi connectivity index (χ0) is 19.5. The molecule has 0 aliphatic rings. The number of hydrogen-bond donors (Lipinski definition) is 1. The molecule has 148 valence electrons.